The number of hydrogen-bond acceptors (Lipinski definition) is 4. The molecule has 0 radical (unpaired) electrons. The van der Waals surface area contributed by atoms with Gasteiger partial charge in [-0.25, -0.2) is 0 Å². The molecule has 0 spiro atoms. The molecule has 0 aromatic rings. The molecule has 0 aliphatic rings. The summed E-state index contributed by atoms with van der Waals surface area (Å²) in [6.45, 7) is 8.98. The first-order chi connectivity index (χ1) is 8.47. The van der Waals surface area contributed by atoms with Gasteiger partial charge in [0.1, 0.15) is 0 Å². The van der Waals surface area contributed by atoms with Crippen molar-refractivity contribution in [1.82, 2.24) is 9.80 Å². The molecule has 18 heavy (non-hydrogen) atoms. The summed E-state index contributed by atoms with van der Waals surface area (Å²) in [6, 6.07) is 0. The van der Waals surface area contributed by atoms with Crippen LogP contribution in [0.3, 0.4) is 0 Å². The highest BCUT2D eigenvalue weighted by Crippen LogP contribution is 2.15. The lowest BCUT2D eigenvalue weighted by atomic mass is 9.95. The van der Waals surface area contributed by atoms with Gasteiger partial charge < -0.3 is 20.6 Å². The molecule has 0 saturated heterocycles. The average molecular weight is 259 g/mol. The van der Waals surface area contributed by atoms with Crippen LogP contribution in [0.4, 0.5) is 0 Å². The van der Waals surface area contributed by atoms with E-state index in [1.807, 2.05) is 6.92 Å². The fraction of sp³-hybridized carbons (Fsp3) is 1.00. The Morgan fingerprint density at radius 2 is 1.72 bits per heavy atom. The summed E-state index contributed by atoms with van der Waals surface area (Å²) in [4.78, 5) is 4.69. The number of rotatable bonds is 11. The van der Waals surface area contributed by atoms with Gasteiger partial charge in [0.2, 0.25) is 0 Å². The normalized spacial score (nSPS) is 15.3. The fourth-order valence-corrected chi connectivity index (χ4v) is 2.05. The van der Waals surface area contributed by atoms with Crippen molar-refractivity contribution in [2.24, 2.45) is 5.73 Å². The van der Waals surface area contributed by atoms with Gasteiger partial charge in [0.25, 0.3) is 0 Å². The number of hydrogen-bond donors (Lipinski definition) is 2. The Kier molecular flexibility index (Phi) is 9.64. The highest BCUT2D eigenvalue weighted by atomic mass is 16.3. The Morgan fingerprint density at radius 1 is 1.06 bits per heavy atom. The van der Waals surface area contributed by atoms with Gasteiger partial charge in [-0.1, -0.05) is 13.8 Å². The number of nitrogens with zero attached hydrogens (tertiary/aromatic N) is 2. The average Bonchev–Trinajstić information content (AvgIpc) is 2.35. The Labute approximate surface area is 113 Å². The number of likely N-dealkylation sites (N-methyl/N-ethyl adjacent to an activating group) is 1. The van der Waals surface area contributed by atoms with Crippen LogP contribution in [-0.4, -0.2) is 67.3 Å². The Bertz CT molecular complexity index is 193. The second-order valence-electron chi connectivity index (χ2n) is 5.53. The third-order valence-electron chi connectivity index (χ3n) is 3.56. The minimum atomic E-state index is -0.653. The molecule has 3 N–H and O–H groups in total. The first kappa shape index (κ1) is 17.8. The van der Waals surface area contributed by atoms with Crippen LogP contribution in [0.2, 0.25) is 0 Å². The zero-order valence-corrected chi connectivity index (χ0v) is 12.8. The smallest absolute Gasteiger partial charge is 0.0767 e. The minimum absolute atomic E-state index is 0.370. The van der Waals surface area contributed by atoms with Crippen LogP contribution >= 0.6 is 0 Å². The maximum atomic E-state index is 10.1. The summed E-state index contributed by atoms with van der Waals surface area (Å²) in [7, 11) is 4.21. The van der Waals surface area contributed by atoms with Gasteiger partial charge in [0.05, 0.1) is 5.60 Å². The summed E-state index contributed by atoms with van der Waals surface area (Å²) in [5.74, 6) is 0. The second kappa shape index (κ2) is 9.73. The van der Waals surface area contributed by atoms with Crippen molar-refractivity contribution in [1.29, 1.82) is 0 Å². The molecule has 0 saturated carbocycles. The first-order valence-corrected chi connectivity index (χ1v) is 7.27. The standard InChI is InChI=1S/C14H33N3O/c1-5-9-17(12-11-16(3)4)10-7-8-14(18,6-2)13-15/h18H,5-13,15H2,1-4H3. The topological polar surface area (TPSA) is 52.7 Å². The third-order valence-corrected chi connectivity index (χ3v) is 3.56. The molecular formula is C14H33N3O. The minimum Gasteiger partial charge on any atom is -0.389 e. The predicted octanol–water partition coefficient (Wildman–Crippen LogP) is 1.14. The van der Waals surface area contributed by atoms with Crippen LogP contribution in [-0.2, 0) is 0 Å². The SMILES string of the molecule is CCCN(CCCC(O)(CC)CN)CCN(C)C. The Balaban J connectivity index is 3.95. The van der Waals surface area contributed by atoms with E-state index in [0.717, 1.165) is 45.4 Å². The van der Waals surface area contributed by atoms with Crippen LogP contribution < -0.4 is 5.73 Å². The summed E-state index contributed by atoms with van der Waals surface area (Å²) in [5, 5.41) is 10.1. The maximum absolute atomic E-state index is 10.1. The van der Waals surface area contributed by atoms with Crippen LogP contribution in [0.25, 0.3) is 0 Å². The Hall–Kier alpha value is -0.160. The van der Waals surface area contributed by atoms with E-state index >= 15 is 0 Å². The molecule has 0 heterocycles. The van der Waals surface area contributed by atoms with E-state index in [4.69, 9.17) is 5.73 Å². The molecule has 0 aromatic heterocycles. The molecule has 110 valence electrons. The van der Waals surface area contributed by atoms with Crippen molar-refractivity contribution < 1.29 is 5.11 Å². The number of nitrogens with two attached hydrogens (primary N) is 1. The molecule has 4 heteroatoms. The molecule has 1 unspecified atom stereocenters. The summed E-state index contributed by atoms with van der Waals surface area (Å²) in [5.41, 5.74) is 4.97. The molecule has 0 amide bonds. The van der Waals surface area contributed by atoms with Crippen molar-refractivity contribution in [3.05, 3.63) is 0 Å². The van der Waals surface area contributed by atoms with E-state index in [1.54, 1.807) is 0 Å². The summed E-state index contributed by atoms with van der Waals surface area (Å²) >= 11 is 0. The van der Waals surface area contributed by atoms with Crippen LogP contribution in [0.5, 0.6) is 0 Å². The maximum Gasteiger partial charge on any atom is 0.0767 e. The van der Waals surface area contributed by atoms with Gasteiger partial charge in [-0.15, -0.1) is 0 Å². The van der Waals surface area contributed by atoms with E-state index in [9.17, 15) is 5.11 Å². The van der Waals surface area contributed by atoms with Crippen molar-refractivity contribution in [3.8, 4) is 0 Å². The highest BCUT2D eigenvalue weighted by molar-refractivity contribution is 4.78. The van der Waals surface area contributed by atoms with E-state index in [0.29, 0.717) is 6.54 Å². The van der Waals surface area contributed by atoms with Gasteiger partial charge in [0, 0.05) is 19.6 Å². The monoisotopic (exact) mass is 259 g/mol. The lowest BCUT2D eigenvalue weighted by Crippen LogP contribution is -2.39. The lowest BCUT2D eigenvalue weighted by Gasteiger charge is -2.28. The van der Waals surface area contributed by atoms with E-state index < -0.39 is 5.60 Å². The van der Waals surface area contributed by atoms with Gasteiger partial charge in [-0.05, 0) is 52.9 Å². The van der Waals surface area contributed by atoms with Gasteiger partial charge in [-0.3, -0.25) is 0 Å². The van der Waals surface area contributed by atoms with Crippen LogP contribution in [0, 0.1) is 0 Å². The van der Waals surface area contributed by atoms with Crippen LogP contribution in [0.15, 0.2) is 0 Å². The molecule has 4 nitrogen and oxygen atoms in total. The largest absolute Gasteiger partial charge is 0.389 e. The zero-order chi connectivity index (χ0) is 14.0. The molecule has 0 fully saturated rings. The second-order valence-corrected chi connectivity index (χ2v) is 5.53. The highest BCUT2D eigenvalue weighted by Gasteiger charge is 2.22. The zero-order valence-electron chi connectivity index (χ0n) is 12.8. The van der Waals surface area contributed by atoms with E-state index in [2.05, 4.69) is 30.8 Å². The van der Waals surface area contributed by atoms with Crippen molar-refractivity contribution >= 4 is 0 Å². The van der Waals surface area contributed by atoms with Crippen molar-refractivity contribution in [2.45, 2.75) is 45.1 Å². The van der Waals surface area contributed by atoms with E-state index in [1.165, 1.54) is 6.42 Å². The molecule has 0 aliphatic heterocycles. The number of aliphatic hydroxyl groups is 1. The van der Waals surface area contributed by atoms with E-state index in [-0.39, 0.29) is 0 Å². The van der Waals surface area contributed by atoms with Crippen LogP contribution in [0.1, 0.15) is 39.5 Å². The molecule has 0 aliphatic carbocycles. The molecular weight excluding hydrogens is 226 g/mol. The van der Waals surface area contributed by atoms with Crippen molar-refractivity contribution in [3.63, 3.8) is 0 Å². The third kappa shape index (κ3) is 8.03. The first-order valence-electron chi connectivity index (χ1n) is 7.27. The Morgan fingerprint density at radius 3 is 2.17 bits per heavy atom. The summed E-state index contributed by atoms with van der Waals surface area (Å²) < 4.78 is 0. The van der Waals surface area contributed by atoms with Crippen molar-refractivity contribution in [2.75, 3.05) is 46.8 Å². The quantitative estimate of drug-likeness (QED) is 0.584. The van der Waals surface area contributed by atoms with Gasteiger partial charge >= 0.3 is 0 Å². The molecule has 1 atom stereocenters. The molecule has 0 aromatic carbocycles. The van der Waals surface area contributed by atoms with Gasteiger partial charge in [-0.2, -0.15) is 0 Å². The summed E-state index contributed by atoms with van der Waals surface area (Å²) in [6.07, 6.45) is 3.76. The fourth-order valence-electron chi connectivity index (χ4n) is 2.05. The predicted molar refractivity (Wildman–Crippen MR) is 78.8 cm³/mol. The molecule has 0 rings (SSSR count). The van der Waals surface area contributed by atoms with Gasteiger partial charge in [0.15, 0.2) is 0 Å². The lowest BCUT2D eigenvalue weighted by molar-refractivity contribution is 0.0314. The molecule has 0 bridgehead atoms.